The molecule has 0 amide bonds. The van der Waals surface area contributed by atoms with E-state index in [9.17, 15) is 5.11 Å². The highest BCUT2D eigenvalue weighted by Crippen LogP contribution is 2.37. The Kier molecular flexibility index (Phi) is 2.48. The number of hydrogen-bond donors (Lipinski definition) is 2. The minimum absolute atomic E-state index is 0.453. The molecule has 4 nitrogen and oxygen atoms in total. The fourth-order valence-corrected chi connectivity index (χ4v) is 2.01. The molecule has 1 saturated carbocycles. The van der Waals surface area contributed by atoms with Crippen LogP contribution in [0.15, 0.2) is 18.5 Å². The Labute approximate surface area is 83.2 Å². The summed E-state index contributed by atoms with van der Waals surface area (Å²) in [6, 6.07) is 1.29. The summed E-state index contributed by atoms with van der Waals surface area (Å²) in [5, 5.41) is 10.2. The lowest BCUT2D eigenvalue weighted by atomic mass is 9.92. The maximum atomic E-state index is 10.2. The highest BCUT2D eigenvalue weighted by Gasteiger charge is 2.39. The molecule has 2 rings (SSSR count). The van der Waals surface area contributed by atoms with Gasteiger partial charge in [-0.05, 0) is 18.9 Å². The smallest absolute Gasteiger partial charge is 0.147 e. The summed E-state index contributed by atoms with van der Waals surface area (Å²) in [6.07, 6.45) is 6.90. The summed E-state index contributed by atoms with van der Waals surface area (Å²) in [6.45, 7) is 0. The summed E-state index contributed by atoms with van der Waals surface area (Å²) in [7, 11) is 0. The van der Waals surface area contributed by atoms with E-state index in [-0.39, 0.29) is 0 Å². The van der Waals surface area contributed by atoms with Crippen LogP contribution in [0.2, 0.25) is 0 Å². The second-order valence-corrected chi connectivity index (χ2v) is 3.90. The molecule has 14 heavy (non-hydrogen) atoms. The first-order valence-electron chi connectivity index (χ1n) is 4.97. The van der Waals surface area contributed by atoms with Crippen molar-refractivity contribution in [3.05, 3.63) is 24.3 Å². The topological polar surface area (TPSA) is 72.0 Å². The average Bonchev–Trinajstić information content (AvgIpc) is 2.67. The molecule has 1 unspecified atom stereocenters. The zero-order chi connectivity index (χ0) is 10.0. The van der Waals surface area contributed by atoms with Gasteiger partial charge in [0.2, 0.25) is 0 Å². The molecule has 1 heterocycles. The molecule has 1 aromatic heterocycles. The van der Waals surface area contributed by atoms with Gasteiger partial charge in [-0.25, -0.2) is 9.97 Å². The van der Waals surface area contributed by atoms with Crippen molar-refractivity contribution >= 4 is 0 Å². The molecule has 1 aliphatic rings. The quantitative estimate of drug-likeness (QED) is 0.728. The first kappa shape index (κ1) is 9.55. The van der Waals surface area contributed by atoms with Gasteiger partial charge in [0.05, 0.1) is 11.6 Å². The molecule has 4 heteroatoms. The molecule has 76 valence electrons. The van der Waals surface area contributed by atoms with Crippen LogP contribution in [0.3, 0.4) is 0 Å². The molecule has 3 N–H and O–H groups in total. The first-order chi connectivity index (χ1) is 6.72. The van der Waals surface area contributed by atoms with Crippen LogP contribution in [0.5, 0.6) is 0 Å². The van der Waals surface area contributed by atoms with Crippen molar-refractivity contribution in [1.29, 1.82) is 0 Å². The van der Waals surface area contributed by atoms with Crippen molar-refractivity contribution in [3.8, 4) is 0 Å². The first-order valence-corrected chi connectivity index (χ1v) is 4.97. The van der Waals surface area contributed by atoms with Gasteiger partial charge in [-0.1, -0.05) is 12.8 Å². The number of hydrogen-bond acceptors (Lipinski definition) is 4. The fraction of sp³-hybridized carbons (Fsp3) is 0.600. The summed E-state index contributed by atoms with van der Waals surface area (Å²) in [5.74, 6) is 0.539. The van der Waals surface area contributed by atoms with E-state index < -0.39 is 11.6 Å². The minimum atomic E-state index is -0.790. The Hall–Kier alpha value is -1.00. The van der Waals surface area contributed by atoms with Crippen LogP contribution in [-0.2, 0) is 0 Å². The van der Waals surface area contributed by atoms with Gasteiger partial charge < -0.3 is 10.8 Å². The van der Waals surface area contributed by atoms with E-state index >= 15 is 0 Å². The van der Waals surface area contributed by atoms with Gasteiger partial charge in [-0.15, -0.1) is 0 Å². The van der Waals surface area contributed by atoms with E-state index in [4.69, 9.17) is 5.73 Å². The van der Waals surface area contributed by atoms with Gasteiger partial charge in [-0.3, -0.25) is 0 Å². The van der Waals surface area contributed by atoms with Gasteiger partial charge in [0.25, 0.3) is 0 Å². The zero-order valence-corrected chi connectivity index (χ0v) is 8.06. The third-order valence-corrected chi connectivity index (χ3v) is 2.91. The predicted molar refractivity (Wildman–Crippen MR) is 52.4 cm³/mol. The van der Waals surface area contributed by atoms with Gasteiger partial charge in [0.1, 0.15) is 5.82 Å². The van der Waals surface area contributed by atoms with Gasteiger partial charge in [-0.2, -0.15) is 0 Å². The molecular formula is C10H15N3O. The summed E-state index contributed by atoms with van der Waals surface area (Å²) in [5.41, 5.74) is 5.17. The van der Waals surface area contributed by atoms with E-state index in [0.717, 1.165) is 25.7 Å². The Morgan fingerprint density at radius 1 is 1.29 bits per heavy atom. The van der Waals surface area contributed by atoms with Crippen molar-refractivity contribution in [2.24, 2.45) is 5.73 Å². The summed E-state index contributed by atoms with van der Waals surface area (Å²) < 4.78 is 0. The van der Waals surface area contributed by atoms with Crippen LogP contribution in [0.1, 0.15) is 37.5 Å². The highest BCUT2D eigenvalue weighted by molar-refractivity contribution is 5.05. The standard InChI is InChI=1S/C10H15N3O/c11-8(9-12-6-3-7-13-9)10(14)4-1-2-5-10/h3,6-8,14H,1-2,4-5,11H2. The molecule has 0 radical (unpaired) electrons. The van der Waals surface area contributed by atoms with Crippen molar-refractivity contribution in [2.45, 2.75) is 37.3 Å². The number of aromatic nitrogens is 2. The van der Waals surface area contributed by atoms with E-state index in [0.29, 0.717) is 5.82 Å². The monoisotopic (exact) mass is 193 g/mol. The Morgan fingerprint density at radius 3 is 2.43 bits per heavy atom. The van der Waals surface area contributed by atoms with E-state index in [2.05, 4.69) is 9.97 Å². The van der Waals surface area contributed by atoms with Crippen LogP contribution in [0.4, 0.5) is 0 Å². The maximum absolute atomic E-state index is 10.2. The Morgan fingerprint density at radius 2 is 1.86 bits per heavy atom. The molecule has 0 aliphatic heterocycles. The third-order valence-electron chi connectivity index (χ3n) is 2.91. The number of nitrogens with two attached hydrogens (primary N) is 1. The summed E-state index contributed by atoms with van der Waals surface area (Å²) >= 11 is 0. The van der Waals surface area contributed by atoms with E-state index in [1.165, 1.54) is 0 Å². The minimum Gasteiger partial charge on any atom is -0.388 e. The highest BCUT2D eigenvalue weighted by atomic mass is 16.3. The van der Waals surface area contributed by atoms with Crippen LogP contribution < -0.4 is 5.73 Å². The number of rotatable bonds is 2. The van der Waals surface area contributed by atoms with E-state index in [1.54, 1.807) is 18.5 Å². The molecule has 1 fully saturated rings. The van der Waals surface area contributed by atoms with Crippen molar-refractivity contribution in [1.82, 2.24) is 9.97 Å². The van der Waals surface area contributed by atoms with Gasteiger partial charge >= 0.3 is 0 Å². The van der Waals surface area contributed by atoms with Crippen LogP contribution in [0, 0.1) is 0 Å². The molecule has 1 atom stereocenters. The zero-order valence-electron chi connectivity index (χ0n) is 8.06. The van der Waals surface area contributed by atoms with Crippen molar-refractivity contribution < 1.29 is 5.11 Å². The number of nitrogens with zero attached hydrogens (tertiary/aromatic N) is 2. The molecule has 0 bridgehead atoms. The normalized spacial score (nSPS) is 22.1. The van der Waals surface area contributed by atoms with Crippen molar-refractivity contribution in [2.75, 3.05) is 0 Å². The predicted octanol–water partition coefficient (Wildman–Crippen LogP) is 0.781. The lowest BCUT2D eigenvalue weighted by Gasteiger charge is -2.28. The molecule has 0 saturated heterocycles. The maximum Gasteiger partial charge on any atom is 0.147 e. The fourth-order valence-electron chi connectivity index (χ4n) is 2.01. The van der Waals surface area contributed by atoms with E-state index in [1.807, 2.05) is 0 Å². The average molecular weight is 193 g/mol. The summed E-state index contributed by atoms with van der Waals surface area (Å²) in [4.78, 5) is 8.14. The van der Waals surface area contributed by atoms with Crippen molar-refractivity contribution in [3.63, 3.8) is 0 Å². The Balaban J connectivity index is 2.19. The lowest BCUT2D eigenvalue weighted by molar-refractivity contribution is 0.0176. The molecule has 1 aromatic rings. The largest absolute Gasteiger partial charge is 0.388 e. The van der Waals surface area contributed by atoms with Crippen LogP contribution in [-0.4, -0.2) is 20.7 Å². The van der Waals surface area contributed by atoms with Gasteiger partial charge in [0, 0.05) is 12.4 Å². The van der Waals surface area contributed by atoms with Crippen LogP contribution >= 0.6 is 0 Å². The number of aliphatic hydroxyl groups is 1. The lowest BCUT2D eigenvalue weighted by Crippen LogP contribution is -2.39. The second-order valence-electron chi connectivity index (χ2n) is 3.90. The third kappa shape index (κ3) is 1.63. The second kappa shape index (κ2) is 3.63. The molecule has 0 spiro atoms. The Bertz CT molecular complexity index is 295. The van der Waals surface area contributed by atoms with Crippen LogP contribution in [0.25, 0.3) is 0 Å². The molecule has 0 aromatic carbocycles. The molecule has 1 aliphatic carbocycles. The van der Waals surface area contributed by atoms with Gasteiger partial charge in [0.15, 0.2) is 0 Å². The molecular weight excluding hydrogens is 178 g/mol. The SMILES string of the molecule is NC(c1ncccn1)C1(O)CCCC1.